The molecule has 0 saturated carbocycles. The smallest absolute Gasteiger partial charge is 0.243 e. The molecule has 17 heavy (non-hydrogen) atoms. The largest absolute Gasteiger partial charge is 0.323 e. The van der Waals surface area contributed by atoms with Gasteiger partial charge in [0.2, 0.25) is 5.91 Å². The quantitative estimate of drug-likeness (QED) is 0.625. The number of halogens is 2. The summed E-state index contributed by atoms with van der Waals surface area (Å²) in [6.45, 7) is 0. The number of nitrogens with one attached hydrogen (secondary N) is 3. The third-order valence-corrected chi connectivity index (χ3v) is 2.75. The van der Waals surface area contributed by atoms with Gasteiger partial charge in [-0.15, -0.1) is 0 Å². The molecule has 1 aromatic rings. The molecule has 2 rings (SSSR count). The molecule has 5 N–H and O–H groups in total. The van der Waals surface area contributed by atoms with Crippen molar-refractivity contribution >= 4 is 23.2 Å². The standard InChI is InChI=1S/C10H12ClFN4O/c11-6-3-5(12)1-2-7(6)14-10(17)8-4-9(13)16-15-8/h1-3,8-9,15-16H,4,13H2,(H,14,17). The Hall–Kier alpha value is -1.21. The fourth-order valence-electron chi connectivity index (χ4n) is 1.56. The number of benzene rings is 1. The predicted octanol–water partition coefficient (Wildman–Crippen LogP) is 0.569. The van der Waals surface area contributed by atoms with Gasteiger partial charge >= 0.3 is 0 Å². The first-order chi connectivity index (χ1) is 8.06. The first-order valence-corrected chi connectivity index (χ1v) is 5.46. The first kappa shape index (κ1) is 12.3. The molecular weight excluding hydrogens is 247 g/mol. The molecule has 0 spiro atoms. The lowest BCUT2D eigenvalue weighted by Gasteiger charge is -2.11. The number of hydrogen-bond donors (Lipinski definition) is 4. The Balaban J connectivity index is 2.03. The number of amides is 1. The summed E-state index contributed by atoms with van der Waals surface area (Å²) in [7, 11) is 0. The van der Waals surface area contributed by atoms with Crippen LogP contribution in [0, 0.1) is 5.82 Å². The Morgan fingerprint density at radius 1 is 1.53 bits per heavy atom. The Bertz CT molecular complexity index is 442. The zero-order valence-electron chi connectivity index (χ0n) is 8.84. The lowest BCUT2D eigenvalue weighted by molar-refractivity contribution is -0.117. The summed E-state index contributed by atoms with van der Waals surface area (Å²) in [5.74, 6) is -0.713. The van der Waals surface area contributed by atoms with Crippen molar-refractivity contribution in [2.45, 2.75) is 18.6 Å². The van der Waals surface area contributed by atoms with Crippen molar-refractivity contribution in [2.75, 3.05) is 5.32 Å². The molecule has 1 fully saturated rings. The molecule has 1 aliphatic rings. The van der Waals surface area contributed by atoms with Crippen LogP contribution in [0.4, 0.5) is 10.1 Å². The predicted molar refractivity (Wildman–Crippen MR) is 62.7 cm³/mol. The maximum Gasteiger partial charge on any atom is 0.243 e. The van der Waals surface area contributed by atoms with Crippen molar-refractivity contribution in [1.82, 2.24) is 10.9 Å². The number of rotatable bonds is 2. The van der Waals surface area contributed by atoms with E-state index in [1.54, 1.807) is 0 Å². The second-order valence-corrected chi connectivity index (χ2v) is 4.20. The molecule has 1 saturated heterocycles. The van der Waals surface area contributed by atoms with Crippen LogP contribution in [0.15, 0.2) is 18.2 Å². The fraction of sp³-hybridized carbons (Fsp3) is 0.300. The van der Waals surface area contributed by atoms with E-state index in [2.05, 4.69) is 16.2 Å². The number of anilines is 1. The number of carbonyl (C=O) groups is 1. The van der Waals surface area contributed by atoms with E-state index in [1.807, 2.05) is 0 Å². The maximum absolute atomic E-state index is 12.8. The van der Waals surface area contributed by atoms with Gasteiger partial charge in [0.25, 0.3) is 0 Å². The van der Waals surface area contributed by atoms with E-state index in [-0.39, 0.29) is 17.1 Å². The molecule has 0 bridgehead atoms. The van der Waals surface area contributed by atoms with Crippen molar-refractivity contribution < 1.29 is 9.18 Å². The van der Waals surface area contributed by atoms with Gasteiger partial charge in [0.05, 0.1) is 16.9 Å². The van der Waals surface area contributed by atoms with Crippen LogP contribution in [-0.2, 0) is 4.79 Å². The van der Waals surface area contributed by atoms with Crippen LogP contribution < -0.4 is 21.9 Å². The monoisotopic (exact) mass is 258 g/mol. The highest BCUT2D eigenvalue weighted by Crippen LogP contribution is 2.22. The van der Waals surface area contributed by atoms with Gasteiger partial charge in [0.1, 0.15) is 11.9 Å². The zero-order valence-corrected chi connectivity index (χ0v) is 9.59. The number of carbonyl (C=O) groups excluding carboxylic acids is 1. The van der Waals surface area contributed by atoms with Crippen LogP contribution in [0.2, 0.25) is 5.02 Å². The molecule has 2 atom stereocenters. The normalized spacial score (nSPS) is 23.7. The number of hydrogen-bond acceptors (Lipinski definition) is 4. The molecule has 1 aliphatic heterocycles. The van der Waals surface area contributed by atoms with Crippen LogP contribution in [0.5, 0.6) is 0 Å². The SMILES string of the molecule is NC1CC(C(=O)Nc2ccc(F)cc2Cl)NN1. The topological polar surface area (TPSA) is 79.2 Å². The first-order valence-electron chi connectivity index (χ1n) is 5.09. The average molecular weight is 259 g/mol. The molecule has 0 radical (unpaired) electrons. The molecule has 7 heteroatoms. The highest BCUT2D eigenvalue weighted by molar-refractivity contribution is 6.33. The highest BCUT2D eigenvalue weighted by Gasteiger charge is 2.27. The molecular formula is C10H12ClFN4O. The van der Waals surface area contributed by atoms with Crippen molar-refractivity contribution in [3.8, 4) is 0 Å². The van der Waals surface area contributed by atoms with E-state index in [9.17, 15) is 9.18 Å². The summed E-state index contributed by atoms with van der Waals surface area (Å²) in [5.41, 5.74) is 11.4. The molecule has 0 aliphatic carbocycles. The minimum absolute atomic E-state index is 0.161. The van der Waals surface area contributed by atoms with E-state index < -0.39 is 11.9 Å². The molecule has 5 nitrogen and oxygen atoms in total. The van der Waals surface area contributed by atoms with Crippen LogP contribution in [0.25, 0.3) is 0 Å². The Morgan fingerprint density at radius 3 is 2.88 bits per heavy atom. The van der Waals surface area contributed by atoms with E-state index in [0.29, 0.717) is 12.1 Å². The molecule has 92 valence electrons. The summed E-state index contributed by atoms with van der Waals surface area (Å²) in [6, 6.07) is 3.36. The molecule has 0 aromatic heterocycles. The number of hydrazine groups is 1. The second-order valence-electron chi connectivity index (χ2n) is 3.80. The maximum atomic E-state index is 12.8. The average Bonchev–Trinajstić information content (AvgIpc) is 2.69. The van der Waals surface area contributed by atoms with Gasteiger partial charge < -0.3 is 11.1 Å². The minimum atomic E-state index is -0.448. The van der Waals surface area contributed by atoms with Gasteiger partial charge in [-0.05, 0) is 18.2 Å². The summed E-state index contributed by atoms with van der Waals surface area (Å²) < 4.78 is 12.8. The van der Waals surface area contributed by atoms with Crippen molar-refractivity contribution in [3.05, 3.63) is 29.0 Å². The Morgan fingerprint density at radius 2 is 2.29 bits per heavy atom. The van der Waals surface area contributed by atoms with Crippen molar-refractivity contribution in [1.29, 1.82) is 0 Å². The van der Waals surface area contributed by atoms with Gasteiger partial charge in [-0.2, -0.15) is 0 Å². The minimum Gasteiger partial charge on any atom is -0.323 e. The van der Waals surface area contributed by atoms with E-state index >= 15 is 0 Å². The van der Waals surface area contributed by atoms with Gasteiger partial charge in [0, 0.05) is 6.42 Å². The third-order valence-electron chi connectivity index (χ3n) is 2.44. The van der Waals surface area contributed by atoms with Gasteiger partial charge in [-0.3, -0.25) is 4.79 Å². The summed E-state index contributed by atoms with van der Waals surface area (Å²) in [4.78, 5) is 11.8. The van der Waals surface area contributed by atoms with Crippen LogP contribution in [0.1, 0.15) is 6.42 Å². The Kier molecular flexibility index (Phi) is 3.58. The molecule has 1 amide bonds. The number of nitrogens with two attached hydrogens (primary N) is 1. The van der Waals surface area contributed by atoms with Gasteiger partial charge in [-0.1, -0.05) is 11.6 Å². The fourth-order valence-corrected chi connectivity index (χ4v) is 1.78. The van der Waals surface area contributed by atoms with Crippen LogP contribution >= 0.6 is 11.6 Å². The van der Waals surface area contributed by atoms with Crippen LogP contribution in [0.3, 0.4) is 0 Å². The van der Waals surface area contributed by atoms with Crippen LogP contribution in [-0.4, -0.2) is 18.1 Å². The Labute approximate surface area is 102 Å². The lowest BCUT2D eigenvalue weighted by Crippen LogP contribution is -2.41. The van der Waals surface area contributed by atoms with E-state index in [1.165, 1.54) is 12.1 Å². The zero-order chi connectivity index (χ0) is 12.4. The lowest BCUT2D eigenvalue weighted by atomic mass is 10.2. The van der Waals surface area contributed by atoms with Crippen molar-refractivity contribution in [2.24, 2.45) is 5.73 Å². The summed E-state index contributed by atoms with van der Waals surface area (Å²) in [6.07, 6.45) is 0.222. The van der Waals surface area contributed by atoms with Crippen molar-refractivity contribution in [3.63, 3.8) is 0 Å². The van der Waals surface area contributed by atoms with E-state index in [0.717, 1.165) is 6.07 Å². The van der Waals surface area contributed by atoms with Gasteiger partial charge in [0.15, 0.2) is 0 Å². The highest BCUT2D eigenvalue weighted by atomic mass is 35.5. The third kappa shape index (κ3) is 2.92. The summed E-state index contributed by atoms with van der Waals surface area (Å²) in [5, 5.41) is 2.77. The van der Waals surface area contributed by atoms with E-state index in [4.69, 9.17) is 17.3 Å². The molecule has 2 unspecified atom stereocenters. The second kappa shape index (κ2) is 4.97. The molecule has 1 heterocycles. The van der Waals surface area contributed by atoms with Gasteiger partial charge in [-0.25, -0.2) is 15.2 Å². The molecule has 1 aromatic carbocycles. The summed E-state index contributed by atoms with van der Waals surface area (Å²) >= 11 is 5.79.